The van der Waals surface area contributed by atoms with Crippen molar-refractivity contribution in [1.82, 2.24) is 36.0 Å². The highest BCUT2D eigenvalue weighted by molar-refractivity contribution is 5.95. The van der Waals surface area contributed by atoms with Crippen molar-refractivity contribution in [3.05, 3.63) is 102 Å². The maximum atomic E-state index is 12.4. The number of carbonyl (C=O) groups excluding carboxylic acids is 2. The Balaban J connectivity index is 1.07. The molecular formula is C27H25N7O2. The van der Waals surface area contributed by atoms with Gasteiger partial charge in [-0.3, -0.25) is 20.4 Å². The fourth-order valence-electron chi connectivity index (χ4n) is 3.98. The summed E-state index contributed by atoms with van der Waals surface area (Å²) in [4.78, 5) is 29.3. The van der Waals surface area contributed by atoms with Crippen LogP contribution in [0.1, 0.15) is 34.3 Å². The van der Waals surface area contributed by atoms with Crippen LogP contribution in [0.15, 0.2) is 85.1 Å². The molecule has 36 heavy (non-hydrogen) atoms. The Labute approximate surface area is 207 Å². The van der Waals surface area contributed by atoms with Crippen LogP contribution in [0, 0.1) is 0 Å². The summed E-state index contributed by atoms with van der Waals surface area (Å²) in [6, 6.07) is 24.8. The summed E-state index contributed by atoms with van der Waals surface area (Å²) in [7, 11) is 0. The molecule has 2 heterocycles. The fraction of sp³-hybridized carbons (Fsp3) is 0.148. The number of aryl methyl sites for hydroxylation is 1. The van der Waals surface area contributed by atoms with Gasteiger partial charge in [0.25, 0.3) is 5.91 Å². The zero-order valence-electron chi connectivity index (χ0n) is 19.5. The number of H-pyrrole nitrogens is 1. The van der Waals surface area contributed by atoms with Crippen LogP contribution in [-0.2, 0) is 17.8 Å². The standard InChI is InChI=1S/C27H25N7O2/c35-25(12-6-9-22-17-28-24-11-5-4-10-23(22)24)29-31-27(36)21-15-13-19(14-16-21)18-34-32-26(30-33-34)20-7-2-1-3-8-20/h1-5,7-8,10-11,13-17,28H,6,9,12,18H2,(H,29,35)(H,31,36). The van der Waals surface area contributed by atoms with E-state index in [1.807, 2.05) is 66.9 Å². The number of rotatable bonds is 8. The third-order valence-electron chi connectivity index (χ3n) is 5.87. The van der Waals surface area contributed by atoms with Crippen LogP contribution < -0.4 is 10.9 Å². The number of fused-ring (bicyclic) bond motifs is 1. The lowest BCUT2D eigenvalue weighted by Crippen LogP contribution is -2.41. The number of aromatic nitrogens is 5. The first-order chi connectivity index (χ1) is 17.7. The summed E-state index contributed by atoms with van der Waals surface area (Å²) in [6.45, 7) is 0.425. The normalized spacial score (nSPS) is 10.9. The Kier molecular flexibility index (Phi) is 6.79. The second-order valence-corrected chi connectivity index (χ2v) is 8.42. The van der Waals surface area contributed by atoms with Gasteiger partial charge in [0, 0.05) is 34.6 Å². The van der Waals surface area contributed by atoms with Crippen molar-refractivity contribution in [2.75, 3.05) is 0 Å². The van der Waals surface area contributed by atoms with Gasteiger partial charge in [-0.1, -0.05) is 60.7 Å². The number of hydrazine groups is 1. The Hall–Kier alpha value is -4.79. The van der Waals surface area contributed by atoms with Gasteiger partial charge < -0.3 is 4.98 Å². The van der Waals surface area contributed by atoms with Crippen molar-refractivity contribution < 1.29 is 9.59 Å². The van der Waals surface area contributed by atoms with Gasteiger partial charge >= 0.3 is 0 Å². The van der Waals surface area contributed by atoms with Crippen molar-refractivity contribution in [3.8, 4) is 11.4 Å². The number of hydrogen-bond donors (Lipinski definition) is 3. The van der Waals surface area contributed by atoms with Crippen LogP contribution in [0.3, 0.4) is 0 Å². The maximum absolute atomic E-state index is 12.4. The number of tetrazole rings is 1. The third kappa shape index (κ3) is 5.47. The first kappa shape index (κ1) is 23.0. The number of hydrogen-bond acceptors (Lipinski definition) is 5. The number of aromatic amines is 1. The number of carbonyl (C=O) groups is 2. The second kappa shape index (κ2) is 10.6. The number of amides is 2. The lowest BCUT2D eigenvalue weighted by Gasteiger charge is -2.08. The van der Waals surface area contributed by atoms with Gasteiger partial charge in [-0.15, -0.1) is 10.2 Å². The zero-order valence-corrected chi connectivity index (χ0v) is 19.5. The minimum atomic E-state index is -0.378. The summed E-state index contributed by atoms with van der Waals surface area (Å²) >= 11 is 0. The van der Waals surface area contributed by atoms with Gasteiger partial charge in [0.05, 0.1) is 6.54 Å². The van der Waals surface area contributed by atoms with E-state index in [0.29, 0.717) is 30.8 Å². The predicted octanol–water partition coefficient (Wildman–Crippen LogP) is 3.65. The molecular weight excluding hydrogens is 454 g/mol. The first-order valence-electron chi connectivity index (χ1n) is 11.7. The summed E-state index contributed by atoms with van der Waals surface area (Å²) in [5.41, 5.74) is 9.50. The van der Waals surface area contributed by atoms with Crippen LogP contribution in [0.4, 0.5) is 0 Å². The van der Waals surface area contributed by atoms with Crippen molar-refractivity contribution in [1.29, 1.82) is 0 Å². The topological polar surface area (TPSA) is 118 Å². The minimum Gasteiger partial charge on any atom is -0.361 e. The third-order valence-corrected chi connectivity index (χ3v) is 5.87. The second-order valence-electron chi connectivity index (χ2n) is 8.42. The molecule has 0 atom stereocenters. The largest absolute Gasteiger partial charge is 0.361 e. The lowest BCUT2D eigenvalue weighted by atomic mass is 10.1. The molecule has 9 heteroatoms. The van der Waals surface area contributed by atoms with E-state index in [2.05, 4.69) is 37.3 Å². The SMILES string of the molecule is O=C(CCCc1c[nH]c2ccccc12)NNC(=O)c1ccc(Cn2nnc(-c3ccccc3)n2)cc1. The molecule has 0 fully saturated rings. The van der Waals surface area contributed by atoms with Crippen molar-refractivity contribution in [2.24, 2.45) is 0 Å². The van der Waals surface area contributed by atoms with E-state index >= 15 is 0 Å². The van der Waals surface area contributed by atoms with E-state index in [1.54, 1.807) is 12.1 Å². The van der Waals surface area contributed by atoms with E-state index in [4.69, 9.17) is 0 Å². The molecule has 0 saturated heterocycles. The molecule has 180 valence electrons. The van der Waals surface area contributed by atoms with E-state index in [0.717, 1.165) is 23.1 Å². The summed E-state index contributed by atoms with van der Waals surface area (Å²) < 4.78 is 0. The fourth-order valence-corrected chi connectivity index (χ4v) is 3.98. The molecule has 0 aliphatic heterocycles. The van der Waals surface area contributed by atoms with Gasteiger partial charge in [0.2, 0.25) is 11.7 Å². The first-order valence-corrected chi connectivity index (χ1v) is 11.7. The van der Waals surface area contributed by atoms with Gasteiger partial charge in [-0.05, 0) is 47.4 Å². The smallest absolute Gasteiger partial charge is 0.269 e. The molecule has 5 rings (SSSR count). The molecule has 2 amide bonds. The molecule has 3 N–H and O–H groups in total. The maximum Gasteiger partial charge on any atom is 0.269 e. The van der Waals surface area contributed by atoms with Crippen LogP contribution in [-0.4, -0.2) is 37.0 Å². The molecule has 2 aromatic heterocycles. The van der Waals surface area contributed by atoms with Crippen molar-refractivity contribution in [2.45, 2.75) is 25.8 Å². The highest BCUT2D eigenvalue weighted by Crippen LogP contribution is 2.19. The lowest BCUT2D eigenvalue weighted by molar-refractivity contribution is -0.121. The zero-order chi connectivity index (χ0) is 24.7. The van der Waals surface area contributed by atoms with Gasteiger partial charge in [-0.2, -0.15) is 4.80 Å². The van der Waals surface area contributed by atoms with Gasteiger partial charge in [-0.25, -0.2) is 0 Å². The highest BCUT2D eigenvalue weighted by atomic mass is 16.2. The number of nitrogens with zero attached hydrogens (tertiary/aromatic N) is 4. The van der Waals surface area contributed by atoms with Crippen LogP contribution in [0.2, 0.25) is 0 Å². The molecule has 9 nitrogen and oxygen atoms in total. The molecule has 0 saturated carbocycles. The van der Waals surface area contributed by atoms with E-state index in [9.17, 15) is 9.59 Å². The quantitative estimate of drug-likeness (QED) is 0.294. The molecule has 3 aromatic carbocycles. The molecule has 0 aliphatic rings. The average Bonchev–Trinajstić information content (AvgIpc) is 3.56. The van der Waals surface area contributed by atoms with E-state index in [1.165, 1.54) is 15.7 Å². The Morgan fingerprint density at radius 1 is 0.889 bits per heavy atom. The monoisotopic (exact) mass is 479 g/mol. The molecule has 0 unspecified atom stereocenters. The molecule has 0 aliphatic carbocycles. The summed E-state index contributed by atoms with van der Waals surface area (Å²) in [5.74, 6) is -0.0492. The van der Waals surface area contributed by atoms with Crippen molar-refractivity contribution >= 4 is 22.7 Å². The van der Waals surface area contributed by atoms with Crippen LogP contribution in [0.5, 0.6) is 0 Å². The van der Waals surface area contributed by atoms with Gasteiger partial charge in [0.1, 0.15) is 0 Å². The minimum absolute atomic E-state index is 0.230. The van der Waals surface area contributed by atoms with Crippen LogP contribution in [0.25, 0.3) is 22.3 Å². The van der Waals surface area contributed by atoms with Crippen LogP contribution >= 0.6 is 0 Å². The van der Waals surface area contributed by atoms with E-state index in [-0.39, 0.29) is 11.8 Å². The highest BCUT2D eigenvalue weighted by Gasteiger charge is 2.10. The summed E-state index contributed by atoms with van der Waals surface area (Å²) in [5, 5.41) is 13.8. The van der Waals surface area contributed by atoms with E-state index < -0.39 is 0 Å². The Morgan fingerprint density at radius 2 is 1.67 bits per heavy atom. The Morgan fingerprint density at radius 3 is 2.50 bits per heavy atom. The Bertz CT molecular complexity index is 1470. The number of benzene rings is 3. The number of para-hydroxylation sites is 1. The molecule has 0 spiro atoms. The molecule has 5 aromatic rings. The predicted molar refractivity (Wildman–Crippen MR) is 136 cm³/mol. The molecule has 0 bridgehead atoms. The summed E-state index contributed by atoms with van der Waals surface area (Å²) in [6.07, 6.45) is 3.75. The van der Waals surface area contributed by atoms with Gasteiger partial charge in [0.15, 0.2) is 0 Å². The molecule has 0 radical (unpaired) electrons. The van der Waals surface area contributed by atoms with Crippen molar-refractivity contribution in [3.63, 3.8) is 0 Å². The number of nitrogens with one attached hydrogen (secondary N) is 3. The average molecular weight is 480 g/mol.